The Balaban J connectivity index is 1.74. The predicted molar refractivity (Wildman–Crippen MR) is 100 cm³/mol. The highest BCUT2D eigenvalue weighted by Crippen LogP contribution is 2.19. The number of aromatic nitrogens is 2. The lowest BCUT2D eigenvalue weighted by Crippen LogP contribution is -2.14. The summed E-state index contributed by atoms with van der Waals surface area (Å²) in [5.41, 5.74) is 1.72. The van der Waals surface area contributed by atoms with Gasteiger partial charge in [0.2, 0.25) is 5.95 Å². The minimum atomic E-state index is -0.307. The highest BCUT2D eigenvalue weighted by Gasteiger charge is 2.09. The Bertz CT molecular complexity index is 884. The molecule has 2 aromatic carbocycles. The number of nitrogens with one attached hydrogen (secondary N) is 2. The first kappa shape index (κ1) is 16.9. The number of carbonyl (C=O) groups is 1. The molecule has 6 nitrogen and oxygen atoms in total. The molecule has 2 N–H and O–H groups in total. The lowest BCUT2D eigenvalue weighted by atomic mass is 10.3. The zero-order chi connectivity index (χ0) is 17.6. The zero-order valence-electron chi connectivity index (χ0n) is 13.4. The standard InChI is InChI=1S/C18H15BrN4O2/c1-25-15-4-2-3-14(11-15)22-18-20-10-9-16(23-18)17(24)21-13-7-5-12(19)6-8-13/h2-11H,1H3,(H,21,24)(H,20,22,23). The molecule has 0 unspecified atom stereocenters. The van der Waals surface area contributed by atoms with Crippen LogP contribution >= 0.6 is 15.9 Å². The van der Waals surface area contributed by atoms with Gasteiger partial charge in [-0.25, -0.2) is 9.97 Å². The van der Waals surface area contributed by atoms with E-state index in [0.29, 0.717) is 17.4 Å². The molecular formula is C18H15BrN4O2. The van der Waals surface area contributed by atoms with Crippen molar-refractivity contribution in [2.75, 3.05) is 17.7 Å². The van der Waals surface area contributed by atoms with Crippen LogP contribution in [0.25, 0.3) is 0 Å². The quantitative estimate of drug-likeness (QED) is 0.671. The average Bonchev–Trinajstić information content (AvgIpc) is 2.64. The van der Waals surface area contributed by atoms with Gasteiger partial charge in [-0.05, 0) is 42.5 Å². The Morgan fingerprint density at radius 3 is 2.64 bits per heavy atom. The average molecular weight is 399 g/mol. The molecule has 0 bridgehead atoms. The number of hydrogen-bond acceptors (Lipinski definition) is 5. The summed E-state index contributed by atoms with van der Waals surface area (Å²) in [6, 6.07) is 16.2. The van der Waals surface area contributed by atoms with Crippen LogP contribution in [0, 0.1) is 0 Å². The number of anilines is 3. The molecule has 3 aromatic rings. The van der Waals surface area contributed by atoms with Crippen molar-refractivity contribution >= 4 is 39.2 Å². The molecule has 0 radical (unpaired) electrons. The SMILES string of the molecule is COc1cccc(Nc2nccc(C(=O)Nc3ccc(Br)cc3)n2)c1. The highest BCUT2D eigenvalue weighted by molar-refractivity contribution is 9.10. The van der Waals surface area contributed by atoms with Crippen LogP contribution in [0.3, 0.4) is 0 Å². The third kappa shape index (κ3) is 4.54. The Kier molecular flexibility index (Phi) is 5.25. The van der Waals surface area contributed by atoms with Crippen molar-refractivity contribution in [1.82, 2.24) is 9.97 Å². The second-order valence-corrected chi connectivity index (χ2v) is 6.00. The maximum atomic E-state index is 12.3. The van der Waals surface area contributed by atoms with Crippen molar-refractivity contribution < 1.29 is 9.53 Å². The predicted octanol–water partition coefficient (Wildman–Crippen LogP) is 4.24. The van der Waals surface area contributed by atoms with Crippen LogP contribution < -0.4 is 15.4 Å². The van der Waals surface area contributed by atoms with Gasteiger partial charge in [-0.1, -0.05) is 22.0 Å². The fraction of sp³-hybridized carbons (Fsp3) is 0.0556. The molecule has 0 saturated carbocycles. The fourth-order valence-electron chi connectivity index (χ4n) is 2.10. The number of methoxy groups -OCH3 is 1. The van der Waals surface area contributed by atoms with Gasteiger partial charge in [0, 0.05) is 28.1 Å². The minimum absolute atomic E-state index is 0.267. The highest BCUT2D eigenvalue weighted by atomic mass is 79.9. The molecule has 3 rings (SSSR count). The second kappa shape index (κ2) is 7.76. The molecule has 0 fully saturated rings. The molecule has 1 amide bonds. The van der Waals surface area contributed by atoms with Crippen molar-refractivity contribution in [3.05, 3.63) is 71.0 Å². The van der Waals surface area contributed by atoms with Crippen LogP contribution in [-0.4, -0.2) is 23.0 Å². The van der Waals surface area contributed by atoms with Gasteiger partial charge in [0.25, 0.3) is 5.91 Å². The molecule has 1 aromatic heterocycles. The summed E-state index contributed by atoms with van der Waals surface area (Å²) in [6.45, 7) is 0. The summed E-state index contributed by atoms with van der Waals surface area (Å²) in [6.07, 6.45) is 1.53. The van der Waals surface area contributed by atoms with Crippen LogP contribution in [-0.2, 0) is 0 Å². The summed E-state index contributed by atoms with van der Waals surface area (Å²) in [4.78, 5) is 20.7. The van der Waals surface area contributed by atoms with E-state index >= 15 is 0 Å². The number of nitrogens with zero attached hydrogens (tertiary/aromatic N) is 2. The number of benzene rings is 2. The van der Waals surface area contributed by atoms with E-state index in [2.05, 4.69) is 36.5 Å². The van der Waals surface area contributed by atoms with Crippen molar-refractivity contribution in [2.45, 2.75) is 0 Å². The second-order valence-electron chi connectivity index (χ2n) is 5.08. The van der Waals surface area contributed by atoms with Crippen LogP contribution in [0.15, 0.2) is 65.3 Å². The molecule has 1 heterocycles. The van der Waals surface area contributed by atoms with Gasteiger partial charge >= 0.3 is 0 Å². The molecule has 0 spiro atoms. The maximum Gasteiger partial charge on any atom is 0.274 e. The Morgan fingerprint density at radius 1 is 1.08 bits per heavy atom. The van der Waals surface area contributed by atoms with Crippen molar-refractivity contribution in [2.24, 2.45) is 0 Å². The molecule has 126 valence electrons. The smallest absolute Gasteiger partial charge is 0.274 e. The van der Waals surface area contributed by atoms with E-state index in [4.69, 9.17) is 4.74 Å². The van der Waals surface area contributed by atoms with E-state index in [1.165, 1.54) is 6.20 Å². The number of carbonyl (C=O) groups excluding carboxylic acids is 1. The summed E-state index contributed by atoms with van der Waals surface area (Å²) >= 11 is 3.36. The summed E-state index contributed by atoms with van der Waals surface area (Å²) in [7, 11) is 1.60. The van der Waals surface area contributed by atoms with Crippen LogP contribution in [0.5, 0.6) is 5.75 Å². The summed E-state index contributed by atoms with van der Waals surface area (Å²) in [5.74, 6) is 0.740. The lowest BCUT2D eigenvalue weighted by molar-refractivity contribution is 0.102. The van der Waals surface area contributed by atoms with E-state index in [-0.39, 0.29) is 11.6 Å². The van der Waals surface area contributed by atoms with Gasteiger partial charge in [-0.3, -0.25) is 4.79 Å². The summed E-state index contributed by atoms with van der Waals surface area (Å²) < 4.78 is 6.12. The number of ether oxygens (including phenoxy) is 1. The van der Waals surface area contributed by atoms with E-state index in [9.17, 15) is 4.79 Å². The first-order valence-corrected chi connectivity index (χ1v) is 8.24. The largest absolute Gasteiger partial charge is 0.497 e. The summed E-state index contributed by atoms with van der Waals surface area (Å²) in [5, 5.41) is 5.85. The van der Waals surface area contributed by atoms with Crippen LogP contribution in [0.2, 0.25) is 0 Å². The molecule has 25 heavy (non-hydrogen) atoms. The lowest BCUT2D eigenvalue weighted by Gasteiger charge is -2.08. The topological polar surface area (TPSA) is 76.1 Å². The van der Waals surface area contributed by atoms with E-state index < -0.39 is 0 Å². The maximum absolute atomic E-state index is 12.3. The minimum Gasteiger partial charge on any atom is -0.497 e. The molecule has 0 aliphatic heterocycles. The Labute approximate surface area is 153 Å². The van der Waals surface area contributed by atoms with Crippen molar-refractivity contribution in [3.63, 3.8) is 0 Å². The van der Waals surface area contributed by atoms with Gasteiger partial charge in [-0.15, -0.1) is 0 Å². The first-order valence-electron chi connectivity index (χ1n) is 7.45. The molecule has 7 heteroatoms. The molecular weight excluding hydrogens is 384 g/mol. The van der Waals surface area contributed by atoms with Crippen molar-refractivity contribution in [1.29, 1.82) is 0 Å². The van der Waals surface area contributed by atoms with Crippen molar-refractivity contribution in [3.8, 4) is 5.75 Å². The van der Waals surface area contributed by atoms with E-state index in [1.807, 2.05) is 36.4 Å². The van der Waals surface area contributed by atoms with Gasteiger partial charge < -0.3 is 15.4 Å². The van der Waals surface area contributed by atoms with E-state index in [0.717, 1.165) is 10.2 Å². The van der Waals surface area contributed by atoms with E-state index in [1.54, 1.807) is 25.3 Å². The molecule has 0 saturated heterocycles. The number of rotatable bonds is 5. The number of halogens is 1. The third-order valence-corrected chi connectivity index (χ3v) is 3.84. The normalized spacial score (nSPS) is 10.2. The monoisotopic (exact) mass is 398 g/mol. The first-order chi connectivity index (χ1) is 12.1. The van der Waals surface area contributed by atoms with Gasteiger partial charge in [0.05, 0.1) is 7.11 Å². The van der Waals surface area contributed by atoms with Gasteiger partial charge in [-0.2, -0.15) is 0 Å². The number of hydrogen-bond donors (Lipinski definition) is 2. The van der Waals surface area contributed by atoms with Crippen LogP contribution in [0.4, 0.5) is 17.3 Å². The zero-order valence-corrected chi connectivity index (χ0v) is 14.9. The van der Waals surface area contributed by atoms with Gasteiger partial charge in [0.1, 0.15) is 11.4 Å². The molecule has 0 aliphatic carbocycles. The van der Waals surface area contributed by atoms with Gasteiger partial charge in [0.15, 0.2) is 0 Å². The van der Waals surface area contributed by atoms with Crippen LogP contribution in [0.1, 0.15) is 10.5 Å². The Hall–Kier alpha value is -2.93. The molecule has 0 aliphatic rings. The fourth-order valence-corrected chi connectivity index (χ4v) is 2.37. The molecule has 0 atom stereocenters. The third-order valence-electron chi connectivity index (χ3n) is 3.32. The Morgan fingerprint density at radius 2 is 1.88 bits per heavy atom. The number of amides is 1.